The average molecular weight is 336 g/mol. The molecule has 0 spiro atoms. The number of hydrogen-bond donors (Lipinski definition) is 1. The van der Waals surface area contributed by atoms with Crippen molar-refractivity contribution in [1.29, 1.82) is 0 Å². The van der Waals surface area contributed by atoms with Crippen LogP contribution in [0.4, 0.5) is 5.69 Å². The molecule has 1 heterocycles. The second-order valence-corrected chi connectivity index (χ2v) is 5.20. The molecule has 0 bridgehead atoms. The zero-order chi connectivity index (χ0) is 14.7. The molecular formula is C14H14BrN3O2. The molecule has 0 aliphatic rings. The van der Waals surface area contributed by atoms with Gasteiger partial charge in [-0.15, -0.1) is 0 Å². The Labute approximate surface area is 125 Å². The Morgan fingerprint density at radius 3 is 2.60 bits per heavy atom. The Kier molecular flexibility index (Phi) is 4.24. The van der Waals surface area contributed by atoms with Gasteiger partial charge in [0.2, 0.25) is 5.88 Å². The van der Waals surface area contributed by atoms with Gasteiger partial charge < -0.3 is 15.4 Å². The van der Waals surface area contributed by atoms with E-state index in [4.69, 9.17) is 10.5 Å². The highest BCUT2D eigenvalue weighted by molar-refractivity contribution is 9.10. The molecule has 0 aliphatic heterocycles. The number of benzene rings is 1. The molecule has 5 nitrogen and oxygen atoms in total. The van der Waals surface area contributed by atoms with Gasteiger partial charge in [-0.25, -0.2) is 4.98 Å². The molecule has 0 aliphatic carbocycles. The molecule has 104 valence electrons. The fraction of sp³-hybridized carbons (Fsp3) is 0.143. The topological polar surface area (TPSA) is 68.5 Å². The van der Waals surface area contributed by atoms with Crippen molar-refractivity contribution in [2.24, 2.45) is 0 Å². The highest BCUT2D eigenvalue weighted by Crippen LogP contribution is 2.34. The maximum Gasteiger partial charge on any atom is 0.254 e. The molecule has 0 fully saturated rings. The van der Waals surface area contributed by atoms with Gasteiger partial charge in [0.15, 0.2) is 5.75 Å². The number of hydrogen-bond acceptors (Lipinski definition) is 4. The summed E-state index contributed by atoms with van der Waals surface area (Å²) in [4.78, 5) is 17.3. The van der Waals surface area contributed by atoms with Gasteiger partial charge in [-0.2, -0.15) is 0 Å². The lowest BCUT2D eigenvalue weighted by atomic mass is 10.2. The van der Waals surface area contributed by atoms with Crippen molar-refractivity contribution in [1.82, 2.24) is 9.88 Å². The van der Waals surface area contributed by atoms with Crippen LogP contribution in [-0.2, 0) is 0 Å². The Balaban J connectivity index is 2.21. The number of anilines is 1. The highest BCUT2D eigenvalue weighted by atomic mass is 79.9. The van der Waals surface area contributed by atoms with Crippen molar-refractivity contribution in [2.75, 3.05) is 19.8 Å². The van der Waals surface area contributed by atoms with E-state index in [-0.39, 0.29) is 5.91 Å². The van der Waals surface area contributed by atoms with Gasteiger partial charge >= 0.3 is 0 Å². The smallest absolute Gasteiger partial charge is 0.254 e. The number of aromatic nitrogens is 1. The number of para-hydroxylation sites is 1. The number of nitrogens with two attached hydrogens (primary N) is 1. The van der Waals surface area contributed by atoms with Crippen molar-refractivity contribution >= 4 is 27.5 Å². The van der Waals surface area contributed by atoms with E-state index in [1.54, 1.807) is 32.3 Å². The summed E-state index contributed by atoms with van der Waals surface area (Å²) in [5.74, 6) is 0.773. The summed E-state index contributed by atoms with van der Waals surface area (Å²) >= 11 is 3.37. The average Bonchev–Trinajstić information content (AvgIpc) is 2.43. The molecule has 2 N–H and O–H groups in total. The summed E-state index contributed by atoms with van der Waals surface area (Å²) < 4.78 is 6.37. The Bertz CT molecular complexity index is 607. The van der Waals surface area contributed by atoms with E-state index in [1.807, 2.05) is 12.1 Å². The minimum absolute atomic E-state index is 0.107. The molecule has 20 heavy (non-hydrogen) atoms. The van der Waals surface area contributed by atoms with Crippen LogP contribution in [0.5, 0.6) is 11.6 Å². The second kappa shape index (κ2) is 5.92. The Morgan fingerprint density at radius 2 is 2.05 bits per heavy atom. The number of ether oxygens (including phenoxy) is 1. The summed E-state index contributed by atoms with van der Waals surface area (Å²) in [5, 5.41) is 0. The van der Waals surface area contributed by atoms with Crippen molar-refractivity contribution in [2.45, 2.75) is 0 Å². The third-order valence-electron chi connectivity index (χ3n) is 2.59. The molecule has 2 rings (SSSR count). The van der Waals surface area contributed by atoms with E-state index in [0.717, 1.165) is 4.47 Å². The first-order valence-electron chi connectivity index (χ1n) is 5.88. The van der Waals surface area contributed by atoms with Crippen LogP contribution in [0.2, 0.25) is 0 Å². The minimum atomic E-state index is -0.107. The zero-order valence-electron chi connectivity index (χ0n) is 11.1. The lowest BCUT2D eigenvalue weighted by Gasteiger charge is -2.11. The van der Waals surface area contributed by atoms with Gasteiger partial charge in [0.05, 0.1) is 15.7 Å². The molecule has 1 aromatic carbocycles. The maximum absolute atomic E-state index is 11.7. The van der Waals surface area contributed by atoms with Crippen molar-refractivity contribution in [3.05, 3.63) is 46.6 Å². The highest BCUT2D eigenvalue weighted by Gasteiger charge is 2.10. The van der Waals surface area contributed by atoms with Crippen LogP contribution >= 0.6 is 15.9 Å². The SMILES string of the molecule is CN(C)C(=O)c1ccc(Oc2c(N)cccc2Br)nc1. The van der Waals surface area contributed by atoms with Crippen molar-refractivity contribution in [3.63, 3.8) is 0 Å². The normalized spacial score (nSPS) is 10.2. The van der Waals surface area contributed by atoms with Gasteiger partial charge in [-0.1, -0.05) is 6.07 Å². The fourth-order valence-corrected chi connectivity index (χ4v) is 2.03. The molecule has 0 unspecified atom stereocenters. The summed E-state index contributed by atoms with van der Waals surface area (Å²) in [6, 6.07) is 8.69. The third kappa shape index (κ3) is 3.08. The molecule has 0 atom stereocenters. The van der Waals surface area contributed by atoms with Gasteiger partial charge in [0.1, 0.15) is 0 Å². The number of halogens is 1. The molecular weight excluding hydrogens is 322 g/mol. The number of pyridine rings is 1. The van der Waals surface area contributed by atoms with Crippen LogP contribution in [0.1, 0.15) is 10.4 Å². The molecule has 1 aromatic heterocycles. The number of rotatable bonds is 3. The zero-order valence-corrected chi connectivity index (χ0v) is 12.7. The first-order valence-corrected chi connectivity index (χ1v) is 6.68. The predicted molar refractivity (Wildman–Crippen MR) is 80.9 cm³/mol. The van der Waals surface area contributed by atoms with Gasteiger partial charge in [-0.3, -0.25) is 4.79 Å². The van der Waals surface area contributed by atoms with E-state index < -0.39 is 0 Å². The minimum Gasteiger partial charge on any atom is -0.436 e. The van der Waals surface area contributed by atoms with Crippen molar-refractivity contribution < 1.29 is 9.53 Å². The number of carbonyl (C=O) groups is 1. The summed E-state index contributed by atoms with van der Waals surface area (Å²) in [7, 11) is 3.38. The summed E-state index contributed by atoms with van der Waals surface area (Å²) in [6.45, 7) is 0. The number of carbonyl (C=O) groups excluding carboxylic acids is 1. The summed E-state index contributed by atoms with van der Waals surface area (Å²) in [6.07, 6.45) is 1.48. The Hall–Kier alpha value is -2.08. The van der Waals surface area contributed by atoms with Crippen LogP contribution < -0.4 is 10.5 Å². The second-order valence-electron chi connectivity index (χ2n) is 4.34. The molecule has 0 saturated carbocycles. The molecule has 1 amide bonds. The van der Waals surface area contributed by atoms with Crippen LogP contribution in [0.15, 0.2) is 41.0 Å². The van der Waals surface area contributed by atoms with E-state index >= 15 is 0 Å². The predicted octanol–water partition coefficient (Wildman–Crippen LogP) is 2.92. The van der Waals surface area contributed by atoms with Crippen molar-refractivity contribution in [3.8, 4) is 11.6 Å². The number of amides is 1. The molecule has 0 saturated heterocycles. The molecule has 6 heteroatoms. The fourth-order valence-electron chi connectivity index (χ4n) is 1.56. The number of nitrogen functional groups attached to an aromatic ring is 1. The van der Waals surface area contributed by atoms with Gasteiger partial charge in [0, 0.05) is 26.4 Å². The van der Waals surface area contributed by atoms with Gasteiger partial charge in [0.25, 0.3) is 5.91 Å². The van der Waals surface area contributed by atoms with Crippen LogP contribution in [0.25, 0.3) is 0 Å². The quantitative estimate of drug-likeness (QED) is 0.875. The monoisotopic (exact) mass is 335 g/mol. The molecule has 0 radical (unpaired) electrons. The number of nitrogens with zero attached hydrogens (tertiary/aromatic N) is 2. The van der Waals surface area contributed by atoms with E-state index in [9.17, 15) is 4.79 Å². The first-order chi connectivity index (χ1) is 9.49. The maximum atomic E-state index is 11.7. The third-order valence-corrected chi connectivity index (χ3v) is 3.22. The van der Waals surface area contributed by atoms with Crippen LogP contribution in [0.3, 0.4) is 0 Å². The first kappa shape index (κ1) is 14.3. The molecule has 2 aromatic rings. The lowest BCUT2D eigenvalue weighted by molar-refractivity contribution is 0.0827. The van der Waals surface area contributed by atoms with E-state index in [0.29, 0.717) is 22.9 Å². The summed E-state index contributed by atoms with van der Waals surface area (Å²) in [5.41, 5.74) is 6.85. The Morgan fingerprint density at radius 1 is 1.30 bits per heavy atom. The standard InChI is InChI=1S/C14H14BrN3O2/c1-18(2)14(19)9-6-7-12(17-8-9)20-13-10(15)4-3-5-11(13)16/h3-8H,16H2,1-2H3. The van der Waals surface area contributed by atoms with Crippen LogP contribution in [-0.4, -0.2) is 29.9 Å². The largest absolute Gasteiger partial charge is 0.436 e. The van der Waals surface area contributed by atoms with Crippen LogP contribution in [0, 0.1) is 0 Å². The van der Waals surface area contributed by atoms with E-state index in [2.05, 4.69) is 20.9 Å². The lowest BCUT2D eigenvalue weighted by Crippen LogP contribution is -2.21. The van der Waals surface area contributed by atoms with E-state index in [1.165, 1.54) is 11.1 Å². The van der Waals surface area contributed by atoms with Gasteiger partial charge in [-0.05, 0) is 34.1 Å².